The maximum atomic E-state index is 12.7. The minimum absolute atomic E-state index is 0.00196. The van der Waals surface area contributed by atoms with Crippen molar-refractivity contribution >= 4 is 32.4 Å². The molecule has 1 amide bonds. The molecule has 3 aromatic heterocycles. The molecule has 0 atom stereocenters. The van der Waals surface area contributed by atoms with E-state index < -0.39 is 10.0 Å². The van der Waals surface area contributed by atoms with Crippen molar-refractivity contribution < 1.29 is 17.7 Å². The number of aryl methyl sites for hydroxylation is 3. The number of nitrogens with zero attached hydrogens (tertiary/aromatic N) is 4. The number of anilines is 1. The first-order chi connectivity index (χ1) is 11.7. The third kappa shape index (κ3) is 3.07. The van der Waals surface area contributed by atoms with Crippen LogP contribution in [-0.4, -0.2) is 33.7 Å². The Morgan fingerprint density at radius 2 is 2.00 bits per heavy atom. The van der Waals surface area contributed by atoms with Crippen LogP contribution in [0.2, 0.25) is 0 Å². The van der Waals surface area contributed by atoms with Crippen LogP contribution >= 0.6 is 11.3 Å². The molecule has 0 aromatic carbocycles. The first-order valence-corrected chi connectivity index (χ1v) is 9.44. The highest BCUT2D eigenvalue weighted by atomic mass is 32.2. The molecule has 0 unspecified atom stereocenters. The Labute approximate surface area is 147 Å². The second kappa shape index (κ2) is 6.08. The zero-order valence-electron chi connectivity index (χ0n) is 13.9. The number of hydrogen-bond donors (Lipinski definition) is 1. The van der Waals surface area contributed by atoms with Crippen molar-refractivity contribution in [2.45, 2.75) is 32.6 Å². The number of carbonyl (C=O) groups is 1. The van der Waals surface area contributed by atoms with Crippen LogP contribution in [0.5, 0.6) is 0 Å². The van der Waals surface area contributed by atoms with Gasteiger partial charge >= 0.3 is 0 Å². The number of hydrogen-bond acceptors (Lipinski definition) is 8. The smallest absolute Gasteiger partial charge is 0.288 e. The Balaban J connectivity index is 2.01. The van der Waals surface area contributed by atoms with Gasteiger partial charge in [0.1, 0.15) is 5.69 Å². The van der Waals surface area contributed by atoms with Gasteiger partial charge in [-0.3, -0.25) is 4.79 Å². The molecule has 9 nitrogen and oxygen atoms in total. The summed E-state index contributed by atoms with van der Waals surface area (Å²) in [4.78, 5) is 16.1. The summed E-state index contributed by atoms with van der Waals surface area (Å²) < 4.78 is 31.3. The molecule has 3 rings (SSSR count). The molecule has 0 saturated heterocycles. The Kier molecular flexibility index (Phi) is 4.21. The summed E-state index contributed by atoms with van der Waals surface area (Å²) in [6, 6.07) is 0. The van der Waals surface area contributed by atoms with Crippen LogP contribution in [-0.2, 0) is 14.8 Å². The van der Waals surface area contributed by atoms with Gasteiger partial charge in [0, 0.05) is 12.5 Å². The van der Waals surface area contributed by atoms with Gasteiger partial charge in [0.25, 0.3) is 10.0 Å². The van der Waals surface area contributed by atoms with E-state index in [0.29, 0.717) is 16.4 Å². The molecule has 0 aliphatic heterocycles. The third-order valence-corrected chi connectivity index (χ3v) is 6.29. The van der Waals surface area contributed by atoms with E-state index in [4.69, 9.17) is 4.52 Å². The number of carbonyl (C=O) groups excluding carboxylic acids is 1. The van der Waals surface area contributed by atoms with Crippen LogP contribution in [0.4, 0.5) is 5.13 Å². The number of rotatable bonds is 4. The van der Waals surface area contributed by atoms with E-state index in [1.165, 1.54) is 37.6 Å². The van der Waals surface area contributed by atoms with Gasteiger partial charge in [-0.1, -0.05) is 16.5 Å². The van der Waals surface area contributed by atoms with Crippen molar-refractivity contribution in [3.05, 3.63) is 29.5 Å². The SMILES string of the molecule is CC(=O)Nc1nc(C)c(-c2cnn(S(=O)(=O)c3c(C)noc3C)c2)s1. The molecule has 3 aromatic rings. The maximum absolute atomic E-state index is 12.7. The van der Waals surface area contributed by atoms with E-state index in [0.717, 1.165) is 8.96 Å². The van der Waals surface area contributed by atoms with E-state index in [2.05, 4.69) is 20.6 Å². The normalized spacial score (nSPS) is 11.7. The van der Waals surface area contributed by atoms with Crippen molar-refractivity contribution in [1.29, 1.82) is 0 Å². The molecule has 0 fully saturated rings. The maximum Gasteiger partial charge on any atom is 0.288 e. The first kappa shape index (κ1) is 17.3. The summed E-state index contributed by atoms with van der Waals surface area (Å²) in [5.74, 6) is -0.0200. The van der Waals surface area contributed by atoms with Gasteiger partial charge in [0.2, 0.25) is 5.91 Å². The predicted molar refractivity (Wildman–Crippen MR) is 90.9 cm³/mol. The van der Waals surface area contributed by atoms with Gasteiger partial charge < -0.3 is 9.84 Å². The molecule has 1 N–H and O–H groups in total. The molecule has 11 heteroatoms. The third-order valence-electron chi connectivity index (χ3n) is 3.37. The largest absolute Gasteiger partial charge is 0.360 e. The lowest BCUT2D eigenvalue weighted by Crippen LogP contribution is -2.14. The molecular formula is C14H15N5O4S2. The van der Waals surface area contributed by atoms with Crippen molar-refractivity contribution in [3.63, 3.8) is 0 Å². The van der Waals surface area contributed by atoms with Crippen LogP contribution in [0, 0.1) is 20.8 Å². The van der Waals surface area contributed by atoms with Gasteiger partial charge in [-0.2, -0.15) is 17.6 Å². The van der Waals surface area contributed by atoms with Crippen LogP contribution in [0.3, 0.4) is 0 Å². The quantitative estimate of drug-likeness (QED) is 0.735. The Hall–Kier alpha value is -2.53. The molecule has 0 aliphatic rings. The molecular weight excluding hydrogens is 366 g/mol. The molecule has 0 aliphatic carbocycles. The van der Waals surface area contributed by atoms with Gasteiger partial charge in [0.15, 0.2) is 15.8 Å². The lowest BCUT2D eigenvalue weighted by atomic mass is 10.2. The van der Waals surface area contributed by atoms with Gasteiger partial charge in [-0.15, -0.1) is 0 Å². The average molecular weight is 381 g/mol. The van der Waals surface area contributed by atoms with Crippen LogP contribution < -0.4 is 5.32 Å². The van der Waals surface area contributed by atoms with Crippen molar-refractivity contribution in [1.82, 2.24) is 19.3 Å². The fourth-order valence-electron chi connectivity index (χ4n) is 2.36. The predicted octanol–water partition coefficient (Wildman–Crippen LogP) is 2.12. The zero-order chi connectivity index (χ0) is 18.4. The summed E-state index contributed by atoms with van der Waals surface area (Å²) in [6.45, 7) is 6.26. The highest BCUT2D eigenvalue weighted by Gasteiger charge is 2.27. The minimum Gasteiger partial charge on any atom is -0.360 e. The van der Waals surface area contributed by atoms with E-state index in [1.807, 2.05) is 0 Å². The molecule has 0 bridgehead atoms. The van der Waals surface area contributed by atoms with Crippen LogP contribution in [0.1, 0.15) is 24.1 Å². The Bertz CT molecular complexity index is 1040. The van der Waals surface area contributed by atoms with Crippen LogP contribution in [0.15, 0.2) is 21.8 Å². The fourth-order valence-corrected chi connectivity index (χ4v) is 4.77. The topological polar surface area (TPSA) is 120 Å². The van der Waals surface area contributed by atoms with Crippen molar-refractivity contribution in [2.24, 2.45) is 0 Å². The Morgan fingerprint density at radius 3 is 2.60 bits per heavy atom. The number of thiazole rings is 1. The summed E-state index contributed by atoms with van der Waals surface area (Å²) in [7, 11) is -3.91. The summed E-state index contributed by atoms with van der Waals surface area (Å²) in [5, 5.41) is 10.7. The van der Waals surface area contributed by atoms with E-state index in [1.54, 1.807) is 13.8 Å². The standard InChI is InChI=1S/C14H15N5O4S2/c1-7-12(24-14(16-7)17-10(4)20)11-5-15-19(6-11)25(21,22)13-8(2)18-23-9(13)3/h5-6H,1-4H3,(H,16,17,20). The molecule has 0 saturated carbocycles. The van der Waals surface area contributed by atoms with Crippen molar-refractivity contribution in [3.8, 4) is 10.4 Å². The van der Waals surface area contributed by atoms with E-state index >= 15 is 0 Å². The lowest BCUT2D eigenvalue weighted by Gasteiger charge is -2.02. The summed E-state index contributed by atoms with van der Waals surface area (Å²) in [5.41, 5.74) is 1.53. The van der Waals surface area contributed by atoms with Crippen LogP contribution in [0.25, 0.3) is 10.4 Å². The minimum atomic E-state index is -3.91. The number of nitrogens with one attached hydrogen (secondary N) is 1. The molecule has 3 heterocycles. The second-order valence-electron chi connectivity index (χ2n) is 5.37. The monoisotopic (exact) mass is 381 g/mol. The molecule has 0 radical (unpaired) electrons. The number of amides is 1. The summed E-state index contributed by atoms with van der Waals surface area (Å²) >= 11 is 1.25. The number of aromatic nitrogens is 4. The molecule has 132 valence electrons. The van der Waals surface area contributed by atoms with Gasteiger partial charge in [-0.25, -0.2) is 4.98 Å². The van der Waals surface area contributed by atoms with Gasteiger partial charge in [0.05, 0.1) is 23.0 Å². The van der Waals surface area contributed by atoms with E-state index in [9.17, 15) is 13.2 Å². The highest BCUT2D eigenvalue weighted by molar-refractivity contribution is 7.90. The summed E-state index contributed by atoms with van der Waals surface area (Å²) in [6.07, 6.45) is 2.84. The van der Waals surface area contributed by atoms with Gasteiger partial charge in [-0.05, 0) is 20.8 Å². The fraction of sp³-hybridized carbons (Fsp3) is 0.286. The lowest BCUT2D eigenvalue weighted by molar-refractivity contribution is -0.114. The Morgan fingerprint density at radius 1 is 1.28 bits per heavy atom. The highest BCUT2D eigenvalue weighted by Crippen LogP contribution is 2.33. The molecule has 25 heavy (non-hydrogen) atoms. The average Bonchev–Trinajstić information content (AvgIpc) is 3.18. The molecule has 0 spiro atoms. The first-order valence-electron chi connectivity index (χ1n) is 7.18. The van der Waals surface area contributed by atoms with Crippen molar-refractivity contribution in [2.75, 3.05) is 5.32 Å². The zero-order valence-corrected chi connectivity index (χ0v) is 15.5. The van der Waals surface area contributed by atoms with E-state index in [-0.39, 0.29) is 22.3 Å². The second-order valence-corrected chi connectivity index (χ2v) is 8.11.